The molecule has 3 heterocycles. The van der Waals surface area contributed by atoms with Gasteiger partial charge in [-0.05, 0) is 12.8 Å². The van der Waals surface area contributed by atoms with Crippen molar-refractivity contribution in [2.75, 3.05) is 31.1 Å². The number of anilines is 1. The smallest absolute Gasteiger partial charge is 0.319 e. The number of aromatic nitrogens is 1. The van der Waals surface area contributed by atoms with Gasteiger partial charge in [0.25, 0.3) is 0 Å². The van der Waals surface area contributed by atoms with E-state index < -0.39 is 0 Å². The molecule has 2 fully saturated rings. The fraction of sp³-hybridized carbons (Fsp3) is 0.389. The lowest BCUT2D eigenvalue weighted by Crippen LogP contribution is -2.54. The molecule has 0 radical (unpaired) electrons. The number of hydrogen-bond donors (Lipinski definition) is 0. The van der Waals surface area contributed by atoms with Crippen LogP contribution in [0.25, 0.3) is 11.3 Å². The maximum absolute atomic E-state index is 13.0. The van der Waals surface area contributed by atoms with Crippen molar-refractivity contribution < 1.29 is 4.79 Å². The molecule has 1 unspecified atom stereocenters. The largest absolute Gasteiger partial charge is 0.326 e. The van der Waals surface area contributed by atoms with Gasteiger partial charge in [-0.1, -0.05) is 30.3 Å². The molecule has 2 amide bonds. The van der Waals surface area contributed by atoms with Crippen LogP contribution in [0.4, 0.5) is 9.93 Å². The second-order valence-corrected chi connectivity index (χ2v) is 7.19. The maximum Gasteiger partial charge on any atom is 0.326 e. The van der Waals surface area contributed by atoms with Crippen LogP contribution in [0, 0.1) is 11.5 Å². The Morgan fingerprint density at radius 1 is 1.20 bits per heavy atom. The third kappa shape index (κ3) is 3.05. The molecule has 0 aliphatic carbocycles. The monoisotopic (exact) mass is 353 g/mol. The number of nitrogens with zero attached hydrogens (tertiary/aromatic N) is 5. The van der Waals surface area contributed by atoms with Gasteiger partial charge in [-0.2, -0.15) is 5.26 Å². The first-order chi connectivity index (χ1) is 12.3. The van der Waals surface area contributed by atoms with E-state index in [4.69, 9.17) is 5.26 Å². The molecule has 1 aromatic heterocycles. The predicted octanol–water partition coefficient (Wildman–Crippen LogP) is 3.00. The van der Waals surface area contributed by atoms with Crippen LogP contribution in [0.1, 0.15) is 12.8 Å². The average molecular weight is 353 g/mol. The van der Waals surface area contributed by atoms with Crippen molar-refractivity contribution in [3.05, 3.63) is 35.7 Å². The van der Waals surface area contributed by atoms with E-state index in [-0.39, 0.29) is 12.1 Å². The van der Waals surface area contributed by atoms with Gasteiger partial charge in [0, 0.05) is 37.1 Å². The summed E-state index contributed by atoms with van der Waals surface area (Å²) in [5.41, 5.74) is 1.97. The molecule has 6 nitrogen and oxygen atoms in total. The lowest BCUT2D eigenvalue weighted by atomic mass is 10.2. The number of benzene rings is 1. The van der Waals surface area contributed by atoms with Crippen LogP contribution in [-0.4, -0.2) is 53.0 Å². The van der Waals surface area contributed by atoms with E-state index in [0.29, 0.717) is 13.1 Å². The van der Waals surface area contributed by atoms with E-state index >= 15 is 0 Å². The molecule has 4 rings (SSSR count). The topological polar surface area (TPSA) is 63.5 Å². The van der Waals surface area contributed by atoms with Gasteiger partial charge in [0.2, 0.25) is 0 Å². The van der Waals surface area contributed by atoms with Crippen LogP contribution < -0.4 is 4.90 Å². The highest BCUT2D eigenvalue weighted by Gasteiger charge is 2.36. The Kier molecular flexibility index (Phi) is 4.28. The standard InChI is InChI=1S/C18H19N5OS/c19-13-21-10-7-15(11-21)22-8-4-9-23(18(22)24)17-20-16(12-25-17)14-5-2-1-3-6-14/h1-3,5-6,12,15H,4,7-11H2. The van der Waals surface area contributed by atoms with Crippen molar-refractivity contribution in [3.8, 4) is 17.5 Å². The van der Waals surface area contributed by atoms with Crippen LogP contribution in [0.3, 0.4) is 0 Å². The summed E-state index contributed by atoms with van der Waals surface area (Å²) >= 11 is 1.51. The molecular weight excluding hydrogens is 334 g/mol. The highest BCUT2D eigenvalue weighted by Crippen LogP contribution is 2.30. The minimum absolute atomic E-state index is 0.0185. The number of amides is 2. The minimum Gasteiger partial charge on any atom is -0.319 e. The summed E-state index contributed by atoms with van der Waals surface area (Å²) in [4.78, 5) is 23.1. The summed E-state index contributed by atoms with van der Waals surface area (Å²) in [6.07, 6.45) is 3.97. The van der Waals surface area contributed by atoms with Crippen LogP contribution in [0.15, 0.2) is 35.7 Å². The second-order valence-electron chi connectivity index (χ2n) is 6.35. The molecule has 2 aliphatic rings. The van der Waals surface area contributed by atoms with Gasteiger partial charge < -0.3 is 9.80 Å². The van der Waals surface area contributed by atoms with Crippen LogP contribution >= 0.6 is 11.3 Å². The predicted molar refractivity (Wildman–Crippen MR) is 97.2 cm³/mol. The third-order valence-electron chi connectivity index (χ3n) is 4.80. The molecule has 1 aromatic carbocycles. The van der Waals surface area contributed by atoms with Gasteiger partial charge in [0.05, 0.1) is 11.7 Å². The van der Waals surface area contributed by atoms with Gasteiger partial charge in [0.15, 0.2) is 11.3 Å². The number of carbonyl (C=O) groups is 1. The summed E-state index contributed by atoms with van der Waals surface area (Å²) in [6.45, 7) is 2.84. The summed E-state index contributed by atoms with van der Waals surface area (Å²) in [7, 11) is 0. The summed E-state index contributed by atoms with van der Waals surface area (Å²) in [6, 6.07) is 10.2. The van der Waals surface area contributed by atoms with Crippen molar-refractivity contribution in [1.82, 2.24) is 14.8 Å². The van der Waals surface area contributed by atoms with Crippen molar-refractivity contribution in [3.63, 3.8) is 0 Å². The molecule has 2 aliphatic heterocycles. The van der Waals surface area contributed by atoms with Gasteiger partial charge in [0.1, 0.15) is 0 Å². The fourth-order valence-electron chi connectivity index (χ4n) is 3.48. The summed E-state index contributed by atoms with van der Waals surface area (Å²) in [5, 5.41) is 11.8. The Balaban J connectivity index is 1.52. The Morgan fingerprint density at radius 3 is 2.80 bits per heavy atom. The Bertz CT molecular complexity index is 799. The third-order valence-corrected chi connectivity index (χ3v) is 5.66. The SMILES string of the molecule is N#CN1CCC(N2CCCN(c3nc(-c4ccccc4)cs3)C2=O)C1. The summed E-state index contributed by atoms with van der Waals surface area (Å²) < 4.78 is 0. The van der Waals surface area contributed by atoms with E-state index in [0.717, 1.165) is 42.3 Å². The first-order valence-electron chi connectivity index (χ1n) is 8.50. The van der Waals surface area contributed by atoms with Crippen molar-refractivity contribution in [1.29, 1.82) is 5.26 Å². The number of carbonyl (C=O) groups excluding carboxylic acids is 1. The van der Waals surface area contributed by atoms with E-state index in [9.17, 15) is 4.79 Å². The number of nitriles is 1. The molecular formula is C18H19N5OS. The van der Waals surface area contributed by atoms with E-state index in [1.807, 2.05) is 40.6 Å². The van der Waals surface area contributed by atoms with E-state index in [2.05, 4.69) is 11.2 Å². The van der Waals surface area contributed by atoms with Crippen molar-refractivity contribution in [2.45, 2.75) is 18.9 Å². The first kappa shape index (κ1) is 15.9. The van der Waals surface area contributed by atoms with Crippen molar-refractivity contribution in [2.24, 2.45) is 0 Å². The molecule has 0 N–H and O–H groups in total. The van der Waals surface area contributed by atoms with Crippen molar-refractivity contribution >= 4 is 22.5 Å². The molecule has 0 spiro atoms. The quantitative estimate of drug-likeness (QED) is 0.796. The Labute approximate surface area is 150 Å². The molecule has 0 saturated carbocycles. The highest BCUT2D eigenvalue weighted by molar-refractivity contribution is 7.14. The first-order valence-corrected chi connectivity index (χ1v) is 9.38. The van der Waals surface area contributed by atoms with Gasteiger partial charge in [-0.3, -0.25) is 4.90 Å². The molecule has 0 bridgehead atoms. The minimum atomic E-state index is 0.0185. The molecule has 128 valence electrons. The fourth-order valence-corrected chi connectivity index (χ4v) is 4.33. The van der Waals surface area contributed by atoms with Gasteiger partial charge in [-0.15, -0.1) is 11.3 Å². The number of hydrogen-bond acceptors (Lipinski definition) is 5. The van der Waals surface area contributed by atoms with Crippen LogP contribution in [-0.2, 0) is 0 Å². The second kappa shape index (κ2) is 6.73. The maximum atomic E-state index is 13.0. The number of thiazole rings is 1. The molecule has 1 atom stereocenters. The summed E-state index contributed by atoms with van der Waals surface area (Å²) in [5.74, 6) is 0. The Hall–Kier alpha value is -2.59. The molecule has 7 heteroatoms. The van der Waals surface area contributed by atoms with E-state index in [1.54, 1.807) is 9.80 Å². The van der Waals surface area contributed by atoms with Gasteiger partial charge in [-0.25, -0.2) is 9.78 Å². The lowest BCUT2D eigenvalue weighted by molar-refractivity contribution is 0.172. The molecule has 25 heavy (non-hydrogen) atoms. The number of likely N-dealkylation sites (tertiary alicyclic amines) is 1. The molecule has 2 aromatic rings. The zero-order valence-corrected chi connectivity index (χ0v) is 14.7. The van der Waals surface area contributed by atoms with Crippen LogP contribution in [0.2, 0.25) is 0 Å². The normalized spacial score (nSPS) is 20.8. The van der Waals surface area contributed by atoms with Crippen LogP contribution in [0.5, 0.6) is 0 Å². The van der Waals surface area contributed by atoms with E-state index in [1.165, 1.54) is 11.3 Å². The highest BCUT2D eigenvalue weighted by atomic mass is 32.1. The zero-order valence-electron chi connectivity index (χ0n) is 13.8. The number of rotatable bonds is 3. The Morgan fingerprint density at radius 2 is 2.04 bits per heavy atom. The zero-order chi connectivity index (χ0) is 17.2. The average Bonchev–Trinajstić information content (AvgIpc) is 3.32. The molecule has 2 saturated heterocycles. The lowest BCUT2D eigenvalue weighted by Gasteiger charge is -2.37. The number of urea groups is 1. The van der Waals surface area contributed by atoms with Gasteiger partial charge >= 0.3 is 6.03 Å².